The van der Waals surface area contributed by atoms with Crippen LogP contribution in [0.15, 0.2) is 54.6 Å². The summed E-state index contributed by atoms with van der Waals surface area (Å²) in [4.78, 5) is 17.3. The van der Waals surface area contributed by atoms with E-state index in [-0.39, 0.29) is 18.4 Å². The van der Waals surface area contributed by atoms with Gasteiger partial charge >= 0.3 is 0 Å². The number of ether oxygens (including phenoxy) is 2. The summed E-state index contributed by atoms with van der Waals surface area (Å²) in [6.45, 7) is 0.156. The highest BCUT2D eigenvalue weighted by Crippen LogP contribution is 2.30. The van der Waals surface area contributed by atoms with E-state index in [0.717, 1.165) is 5.69 Å². The van der Waals surface area contributed by atoms with Crippen LogP contribution in [0.4, 0.5) is 16.6 Å². The Morgan fingerprint density at radius 3 is 2.56 bits per heavy atom. The molecule has 0 saturated heterocycles. The summed E-state index contributed by atoms with van der Waals surface area (Å²) in [6, 6.07) is 16.4. The van der Waals surface area contributed by atoms with E-state index in [2.05, 4.69) is 10.3 Å². The number of nitrogen functional groups attached to an aromatic ring is 1. The zero-order valence-electron chi connectivity index (χ0n) is 13.6. The molecule has 0 saturated carbocycles. The largest absolute Gasteiger partial charge is 0.468 e. The molecule has 3 N–H and O–H groups in total. The number of carbonyl (C=O) groups is 1. The first-order chi connectivity index (χ1) is 12.2. The van der Waals surface area contributed by atoms with Gasteiger partial charge in [0.25, 0.3) is 0 Å². The van der Waals surface area contributed by atoms with Gasteiger partial charge in [-0.05, 0) is 36.4 Å². The highest BCUT2D eigenvalue weighted by molar-refractivity contribution is 7.18. The fourth-order valence-electron chi connectivity index (χ4n) is 2.15. The van der Waals surface area contributed by atoms with Crippen molar-refractivity contribution in [3.05, 3.63) is 65.0 Å². The van der Waals surface area contributed by atoms with Gasteiger partial charge in [0.05, 0.1) is 0 Å². The fourth-order valence-corrected chi connectivity index (χ4v) is 3.02. The van der Waals surface area contributed by atoms with Crippen molar-refractivity contribution in [2.75, 3.05) is 25.0 Å². The fraction of sp³-hybridized carbons (Fsp3) is 0.111. The molecule has 25 heavy (non-hydrogen) atoms. The first-order valence-electron chi connectivity index (χ1n) is 7.52. The van der Waals surface area contributed by atoms with Crippen LogP contribution in [-0.4, -0.2) is 24.7 Å². The average Bonchev–Trinajstić information content (AvgIpc) is 3.01. The molecule has 1 aromatic heterocycles. The van der Waals surface area contributed by atoms with Crippen LogP contribution in [0.25, 0.3) is 0 Å². The number of anilines is 3. The zero-order chi connectivity index (χ0) is 17.6. The Bertz CT molecular complexity index is 848. The van der Waals surface area contributed by atoms with Gasteiger partial charge in [0.2, 0.25) is 5.78 Å². The third-order valence-electron chi connectivity index (χ3n) is 3.34. The number of thiazole rings is 1. The Kier molecular flexibility index (Phi) is 5.27. The molecule has 0 amide bonds. The van der Waals surface area contributed by atoms with Crippen LogP contribution in [-0.2, 0) is 4.74 Å². The highest BCUT2D eigenvalue weighted by atomic mass is 32.1. The lowest BCUT2D eigenvalue weighted by Crippen LogP contribution is -2.03. The van der Waals surface area contributed by atoms with Gasteiger partial charge < -0.3 is 20.5 Å². The Labute approximate surface area is 149 Å². The van der Waals surface area contributed by atoms with Crippen LogP contribution in [0.1, 0.15) is 15.2 Å². The van der Waals surface area contributed by atoms with E-state index in [1.807, 2.05) is 30.3 Å². The highest BCUT2D eigenvalue weighted by Gasteiger charge is 2.18. The van der Waals surface area contributed by atoms with E-state index in [1.165, 1.54) is 11.3 Å². The van der Waals surface area contributed by atoms with Crippen molar-refractivity contribution in [1.29, 1.82) is 0 Å². The smallest absolute Gasteiger partial charge is 0.206 e. The molecule has 0 spiro atoms. The molecule has 3 aromatic rings. The lowest BCUT2D eigenvalue weighted by atomic mass is 10.1. The Morgan fingerprint density at radius 1 is 1.16 bits per heavy atom. The van der Waals surface area contributed by atoms with Crippen LogP contribution in [0.3, 0.4) is 0 Å². The van der Waals surface area contributed by atoms with Crippen molar-refractivity contribution in [1.82, 2.24) is 4.98 Å². The molecule has 7 heteroatoms. The molecular formula is C18H17N3O3S. The number of ketones is 1. The van der Waals surface area contributed by atoms with Crippen molar-refractivity contribution in [2.45, 2.75) is 0 Å². The first-order valence-corrected chi connectivity index (χ1v) is 8.34. The van der Waals surface area contributed by atoms with Crippen LogP contribution >= 0.6 is 11.3 Å². The number of nitrogens with zero attached hydrogens (tertiary/aromatic N) is 1. The number of rotatable bonds is 7. The van der Waals surface area contributed by atoms with Gasteiger partial charge in [0.15, 0.2) is 11.9 Å². The minimum Gasteiger partial charge on any atom is -0.468 e. The van der Waals surface area contributed by atoms with Gasteiger partial charge in [-0.15, -0.1) is 0 Å². The van der Waals surface area contributed by atoms with Crippen LogP contribution < -0.4 is 15.8 Å². The molecule has 0 atom stereocenters. The second kappa shape index (κ2) is 7.78. The molecule has 0 aliphatic rings. The zero-order valence-corrected chi connectivity index (χ0v) is 14.4. The van der Waals surface area contributed by atoms with Crippen molar-refractivity contribution in [3.8, 4) is 5.75 Å². The molecule has 0 fully saturated rings. The van der Waals surface area contributed by atoms with Gasteiger partial charge in [-0.1, -0.05) is 29.5 Å². The van der Waals surface area contributed by atoms with E-state index >= 15 is 0 Å². The number of carbonyl (C=O) groups excluding carboxylic acids is 1. The summed E-state index contributed by atoms with van der Waals surface area (Å²) in [5, 5.41) is 3.72. The molecule has 1 heterocycles. The quantitative estimate of drug-likeness (QED) is 0.497. The maximum atomic E-state index is 12.7. The molecule has 2 aromatic carbocycles. The summed E-state index contributed by atoms with van der Waals surface area (Å²) in [5.41, 5.74) is 7.33. The number of nitrogens with two attached hydrogens (primary N) is 1. The summed E-state index contributed by atoms with van der Waals surface area (Å²) >= 11 is 1.23. The monoisotopic (exact) mass is 355 g/mol. The van der Waals surface area contributed by atoms with Crippen molar-refractivity contribution in [2.24, 2.45) is 0 Å². The van der Waals surface area contributed by atoms with E-state index in [1.54, 1.807) is 31.4 Å². The number of nitrogens with one attached hydrogen (secondary N) is 1. The topological polar surface area (TPSA) is 86.5 Å². The van der Waals surface area contributed by atoms with Gasteiger partial charge in [-0.25, -0.2) is 4.98 Å². The number of aromatic nitrogens is 1. The van der Waals surface area contributed by atoms with E-state index in [0.29, 0.717) is 21.3 Å². The van der Waals surface area contributed by atoms with Crippen molar-refractivity contribution < 1.29 is 14.3 Å². The molecular weight excluding hydrogens is 338 g/mol. The number of methoxy groups -OCH3 is 1. The lowest BCUT2D eigenvalue weighted by Gasteiger charge is -2.05. The lowest BCUT2D eigenvalue weighted by molar-refractivity contribution is 0.0511. The number of hydrogen-bond acceptors (Lipinski definition) is 7. The van der Waals surface area contributed by atoms with Gasteiger partial charge in [0, 0.05) is 18.4 Å². The summed E-state index contributed by atoms with van der Waals surface area (Å²) in [6.07, 6.45) is 0. The molecule has 0 aliphatic heterocycles. The van der Waals surface area contributed by atoms with E-state index < -0.39 is 0 Å². The van der Waals surface area contributed by atoms with Gasteiger partial charge in [-0.3, -0.25) is 4.79 Å². The molecule has 128 valence electrons. The van der Waals surface area contributed by atoms with Crippen LogP contribution in [0.2, 0.25) is 0 Å². The minimum atomic E-state index is -0.172. The minimum absolute atomic E-state index is 0.156. The average molecular weight is 355 g/mol. The van der Waals surface area contributed by atoms with Crippen molar-refractivity contribution in [3.63, 3.8) is 0 Å². The number of para-hydroxylation sites is 1. The van der Waals surface area contributed by atoms with E-state index in [9.17, 15) is 4.79 Å². The number of benzene rings is 2. The van der Waals surface area contributed by atoms with E-state index in [4.69, 9.17) is 15.2 Å². The summed E-state index contributed by atoms with van der Waals surface area (Å²) in [5.74, 6) is 0.671. The van der Waals surface area contributed by atoms with Gasteiger partial charge in [-0.2, -0.15) is 0 Å². The van der Waals surface area contributed by atoms with Crippen LogP contribution in [0, 0.1) is 0 Å². The molecule has 6 nitrogen and oxygen atoms in total. The molecule has 0 aliphatic carbocycles. The Hall–Kier alpha value is -2.90. The predicted octanol–water partition coefficient (Wildman–Crippen LogP) is 3.68. The van der Waals surface area contributed by atoms with Crippen molar-refractivity contribution >= 4 is 33.8 Å². The van der Waals surface area contributed by atoms with Crippen LogP contribution in [0.5, 0.6) is 5.75 Å². The summed E-state index contributed by atoms with van der Waals surface area (Å²) < 4.78 is 10.2. The Balaban J connectivity index is 1.76. The SMILES string of the molecule is COCOc1ccc(C(=O)c2sc(Nc3ccccc3)nc2N)cc1. The first kappa shape index (κ1) is 16.9. The third kappa shape index (κ3) is 4.14. The van der Waals surface area contributed by atoms with Gasteiger partial charge in [0.1, 0.15) is 16.4 Å². The molecule has 0 radical (unpaired) electrons. The maximum Gasteiger partial charge on any atom is 0.206 e. The Morgan fingerprint density at radius 2 is 1.88 bits per heavy atom. The molecule has 0 unspecified atom stereocenters. The molecule has 3 rings (SSSR count). The number of hydrogen-bond donors (Lipinski definition) is 2. The third-order valence-corrected chi connectivity index (χ3v) is 4.33. The normalized spacial score (nSPS) is 10.4. The molecule has 0 bridgehead atoms. The maximum absolute atomic E-state index is 12.7. The predicted molar refractivity (Wildman–Crippen MR) is 98.6 cm³/mol. The second-order valence-electron chi connectivity index (χ2n) is 5.13. The summed E-state index contributed by atoms with van der Waals surface area (Å²) in [7, 11) is 1.55. The standard InChI is InChI=1S/C18H17N3O3S/c1-23-11-24-14-9-7-12(8-10-14)15(22)16-17(19)21-18(25-16)20-13-5-3-2-4-6-13/h2-10H,11,19H2,1H3,(H,20,21). The second-order valence-corrected chi connectivity index (χ2v) is 6.13.